The molecule has 0 aromatic rings. The largest absolute Gasteiger partial charge is 0.175 e. The summed E-state index contributed by atoms with van der Waals surface area (Å²) in [6, 6.07) is 0. The Bertz CT molecular complexity index is 30.0. The molecular formula is C3H7BS2. The van der Waals surface area contributed by atoms with Gasteiger partial charge in [-0.1, -0.05) is 6.92 Å². The van der Waals surface area contributed by atoms with Crippen LogP contribution in [0.1, 0.15) is 6.92 Å². The van der Waals surface area contributed by atoms with Gasteiger partial charge in [0.05, 0.1) is 7.85 Å². The van der Waals surface area contributed by atoms with Crippen LogP contribution < -0.4 is 0 Å². The number of thiol groups is 1. The first-order chi connectivity index (χ1) is 2.77. The Hall–Kier alpha value is 0.765. The maximum Gasteiger partial charge on any atom is 0.0991 e. The van der Waals surface area contributed by atoms with Crippen molar-refractivity contribution >= 4 is 32.2 Å². The zero-order valence-electron chi connectivity index (χ0n) is 3.72. The molecule has 0 spiro atoms. The quantitative estimate of drug-likeness (QED) is 0.322. The average molecular weight is 118 g/mol. The third-order valence-electron chi connectivity index (χ3n) is 0.337. The number of hydrogen-bond donors (Lipinski definition) is 1. The number of thioether (sulfide) groups is 1. The molecule has 2 radical (unpaired) electrons. The van der Waals surface area contributed by atoms with Gasteiger partial charge >= 0.3 is 0 Å². The van der Waals surface area contributed by atoms with Crippen molar-refractivity contribution in [1.29, 1.82) is 0 Å². The second kappa shape index (κ2) is 3.94. The summed E-state index contributed by atoms with van der Waals surface area (Å²) in [5.41, 5.74) is 0. The van der Waals surface area contributed by atoms with Crippen molar-refractivity contribution in [1.82, 2.24) is 0 Å². The highest BCUT2D eigenvalue weighted by molar-refractivity contribution is 8.11. The van der Waals surface area contributed by atoms with E-state index in [1.165, 1.54) is 0 Å². The summed E-state index contributed by atoms with van der Waals surface area (Å²) in [5, 5.41) is 0. The molecule has 0 aliphatic heterocycles. The van der Waals surface area contributed by atoms with Crippen molar-refractivity contribution in [2.45, 2.75) is 11.4 Å². The molecule has 0 rings (SSSR count). The van der Waals surface area contributed by atoms with Gasteiger partial charge in [-0.25, -0.2) is 0 Å². The number of hydrogen-bond acceptors (Lipinski definition) is 2. The standard InChI is InChI=1S/C3H7BS2/c1-2-6-3(4)5/h3,5H,2H2,1H3. The van der Waals surface area contributed by atoms with Crippen LogP contribution in [0, 0.1) is 0 Å². The van der Waals surface area contributed by atoms with Gasteiger partial charge in [-0.05, 0) is 5.75 Å². The molecule has 34 valence electrons. The molecule has 0 aromatic carbocycles. The molecule has 0 fully saturated rings. The van der Waals surface area contributed by atoms with E-state index in [0.29, 0.717) is 0 Å². The zero-order valence-corrected chi connectivity index (χ0v) is 5.43. The van der Waals surface area contributed by atoms with Crippen LogP contribution in [0.3, 0.4) is 0 Å². The number of rotatable bonds is 2. The molecule has 0 nitrogen and oxygen atoms in total. The molecule has 0 saturated carbocycles. The molecule has 0 aliphatic rings. The summed E-state index contributed by atoms with van der Waals surface area (Å²) in [6.45, 7) is 2.06. The lowest BCUT2D eigenvalue weighted by Gasteiger charge is -1.95. The second-order valence-corrected chi connectivity index (χ2v) is 3.17. The Labute approximate surface area is 49.9 Å². The van der Waals surface area contributed by atoms with E-state index in [1.54, 1.807) is 11.8 Å². The molecule has 6 heavy (non-hydrogen) atoms. The SMILES string of the molecule is [B]C(S)SCC. The summed E-state index contributed by atoms with van der Waals surface area (Å²) in [4.78, 5) is 0. The molecule has 0 aliphatic carbocycles. The van der Waals surface area contributed by atoms with Crippen molar-refractivity contribution in [3.63, 3.8) is 0 Å². The van der Waals surface area contributed by atoms with Crippen LogP contribution in [0.5, 0.6) is 0 Å². The molecular weight excluding hydrogens is 111 g/mol. The van der Waals surface area contributed by atoms with Crippen LogP contribution in [0.4, 0.5) is 0 Å². The fourth-order valence-electron chi connectivity index (χ4n) is 0.171. The zero-order chi connectivity index (χ0) is 4.99. The highest BCUT2D eigenvalue weighted by Crippen LogP contribution is 2.08. The molecule has 0 heterocycles. The first kappa shape index (κ1) is 6.76. The summed E-state index contributed by atoms with van der Waals surface area (Å²) in [7, 11) is 5.23. The molecule has 1 atom stereocenters. The molecule has 1 unspecified atom stereocenters. The first-order valence-corrected chi connectivity index (χ1v) is 3.39. The Kier molecular flexibility index (Phi) is 4.44. The minimum atomic E-state index is 0.00926. The predicted octanol–water partition coefficient (Wildman–Crippen LogP) is 1.12. The van der Waals surface area contributed by atoms with E-state index in [0.717, 1.165) is 5.75 Å². The Balaban J connectivity index is 2.63. The minimum absolute atomic E-state index is 0.00926. The molecule has 0 bridgehead atoms. The Morgan fingerprint density at radius 2 is 2.50 bits per heavy atom. The van der Waals surface area contributed by atoms with Gasteiger partial charge in [0.15, 0.2) is 0 Å². The molecule has 0 aromatic heterocycles. The van der Waals surface area contributed by atoms with Gasteiger partial charge in [0.2, 0.25) is 0 Å². The lowest BCUT2D eigenvalue weighted by atomic mass is 10.2. The highest BCUT2D eigenvalue weighted by Gasteiger charge is 1.86. The van der Waals surface area contributed by atoms with E-state index in [-0.39, 0.29) is 4.48 Å². The predicted molar refractivity (Wildman–Crippen MR) is 36.7 cm³/mol. The highest BCUT2D eigenvalue weighted by atomic mass is 32.2. The van der Waals surface area contributed by atoms with Gasteiger partial charge in [-0.2, -0.15) is 24.4 Å². The Morgan fingerprint density at radius 1 is 2.00 bits per heavy atom. The maximum absolute atomic E-state index is 5.23. The second-order valence-electron chi connectivity index (χ2n) is 0.846. The molecule has 0 saturated heterocycles. The van der Waals surface area contributed by atoms with Crippen LogP contribution in [0.25, 0.3) is 0 Å². The lowest BCUT2D eigenvalue weighted by Crippen LogP contribution is -1.87. The average Bonchev–Trinajstić information content (AvgIpc) is 1.35. The van der Waals surface area contributed by atoms with E-state index in [1.807, 2.05) is 0 Å². The monoisotopic (exact) mass is 118 g/mol. The minimum Gasteiger partial charge on any atom is -0.175 e. The summed E-state index contributed by atoms with van der Waals surface area (Å²) < 4.78 is 0.00926. The third kappa shape index (κ3) is 4.76. The van der Waals surface area contributed by atoms with Crippen LogP contribution in [-0.4, -0.2) is 18.1 Å². The van der Waals surface area contributed by atoms with E-state index in [9.17, 15) is 0 Å². The summed E-state index contributed by atoms with van der Waals surface area (Å²) >= 11 is 5.55. The first-order valence-electron chi connectivity index (χ1n) is 1.82. The van der Waals surface area contributed by atoms with Crippen LogP contribution in [-0.2, 0) is 0 Å². The van der Waals surface area contributed by atoms with E-state index in [2.05, 4.69) is 19.6 Å². The lowest BCUT2D eigenvalue weighted by molar-refractivity contribution is 1.52. The van der Waals surface area contributed by atoms with Gasteiger partial charge in [0.1, 0.15) is 0 Å². The molecule has 0 amide bonds. The smallest absolute Gasteiger partial charge is 0.0991 e. The van der Waals surface area contributed by atoms with Gasteiger partial charge in [-0.3, -0.25) is 0 Å². The summed E-state index contributed by atoms with van der Waals surface area (Å²) in [5.74, 6) is 1.05. The Morgan fingerprint density at radius 3 is 2.50 bits per heavy atom. The van der Waals surface area contributed by atoms with Gasteiger partial charge in [-0.15, -0.1) is 0 Å². The maximum atomic E-state index is 5.23. The van der Waals surface area contributed by atoms with Gasteiger partial charge in [0, 0.05) is 4.48 Å². The van der Waals surface area contributed by atoms with E-state index >= 15 is 0 Å². The van der Waals surface area contributed by atoms with Crippen LogP contribution >= 0.6 is 24.4 Å². The normalized spacial score (nSPS) is 14.3. The van der Waals surface area contributed by atoms with Crippen molar-refractivity contribution in [2.24, 2.45) is 0 Å². The summed E-state index contributed by atoms with van der Waals surface area (Å²) in [6.07, 6.45) is 0. The van der Waals surface area contributed by atoms with E-state index < -0.39 is 0 Å². The van der Waals surface area contributed by atoms with Gasteiger partial charge in [0.25, 0.3) is 0 Å². The van der Waals surface area contributed by atoms with Crippen molar-refractivity contribution in [2.75, 3.05) is 5.75 Å². The third-order valence-corrected chi connectivity index (χ3v) is 1.46. The molecule has 3 heteroatoms. The van der Waals surface area contributed by atoms with Crippen LogP contribution in [0.15, 0.2) is 0 Å². The molecule has 0 N–H and O–H groups in total. The van der Waals surface area contributed by atoms with Crippen LogP contribution in [0.2, 0.25) is 0 Å². The van der Waals surface area contributed by atoms with Gasteiger partial charge < -0.3 is 0 Å². The van der Waals surface area contributed by atoms with E-state index in [4.69, 9.17) is 7.85 Å². The fourth-order valence-corrected chi connectivity index (χ4v) is 0.959. The van der Waals surface area contributed by atoms with Crippen molar-refractivity contribution in [3.05, 3.63) is 0 Å². The van der Waals surface area contributed by atoms with Crippen molar-refractivity contribution < 1.29 is 0 Å². The topological polar surface area (TPSA) is 0 Å². The fraction of sp³-hybridized carbons (Fsp3) is 1.00. The van der Waals surface area contributed by atoms with Crippen molar-refractivity contribution in [3.8, 4) is 0 Å².